The average molecular weight is 185 g/mol. The van der Waals surface area contributed by atoms with Gasteiger partial charge in [-0.3, -0.25) is 4.39 Å². The third-order valence-electron chi connectivity index (χ3n) is 1.77. The smallest absolute Gasteiger partial charge is 0.119 e. The van der Waals surface area contributed by atoms with E-state index in [-0.39, 0.29) is 17.9 Å². The number of benzene rings is 1. The second-order valence-electron chi connectivity index (χ2n) is 2.87. The van der Waals surface area contributed by atoms with Crippen molar-refractivity contribution in [3.05, 3.63) is 23.8 Å². The third kappa shape index (κ3) is 2.59. The number of halogens is 1. The Morgan fingerprint density at radius 2 is 1.77 bits per heavy atom. The summed E-state index contributed by atoms with van der Waals surface area (Å²) in [5.74, 6) is -0.131. The van der Waals surface area contributed by atoms with Crippen LogP contribution in [0.3, 0.4) is 0 Å². The van der Waals surface area contributed by atoms with Gasteiger partial charge in [-0.05, 0) is 24.1 Å². The molecule has 13 heavy (non-hydrogen) atoms. The summed E-state index contributed by atoms with van der Waals surface area (Å²) >= 11 is 0. The average Bonchev–Trinajstić information content (AvgIpc) is 2.03. The Kier molecular flexibility index (Phi) is 3.08. The first-order valence-electron chi connectivity index (χ1n) is 3.98. The van der Waals surface area contributed by atoms with Gasteiger partial charge in [0, 0.05) is 12.1 Å². The van der Waals surface area contributed by atoms with Crippen molar-refractivity contribution in [2.75, 3.05) is 6.67 Å². The fourth-order valence-electron chi connectivity index (χ4n) is 1.12. The topological polar surface area (TPSA) is 66.5 Å². The molecule has 0 fully saturated rings. The second kappa shape index (κ2) is 4.09. The van der Waals surface area contributed by atoms with Gasteiger partial charge in [0.05, 0.1) is 6.67 Å². The largest absolute Gasteiger partial charge is 0.508 e. The van der Waals surface area contributed by atoms with Crippen molar-refractivity contribution in [3.8, 4) is 11.5 Å². The van der Waals surface area contributed by atoms with Crippen molar-refractivity contribution in [2.45, 2.75) is 12.5 Å². The van der Waals surface area contributed by atoms with Crippen molar-refractivity contribution in [3.63, 3.8) is 0 Å². The first-order valence-corrected chi connectivity index (χ1v) is 3.98. The predicted octanol–water partition coefficient (Wildman–Crippen LogP) is 1.46. The van der Waals surface area contributed by atoms with Crippen molar-refractivity contribution < 1.29 is 14.6 Å². The fourth-order valence-corrected chi connectivity index (χ4v) is 1.12. The Morgan fingerprint density at radius 3 is 2.23 bits per heavy atom. The van der Waals surface area contributed by atoms with Crippen LogP contribution in [0.5, 0.6) is 11.5 Å². The van der Waals surface area contributed by atoms with Crippen molar-refractivity contribution in [2.24, 2.45) is 5.73 Å². The Hall–Kier alpha value is -1.29. The summed E-state index contributed by atoms with van der Waals surface area (Å²) in [4.78, 5) is 0. The van der Waals surface area contributed by atoms with Crippen LogP contribution < -0.4 is 5.73 Å². The van der Waals surface area contributed by atoms with Crippen molar-refractivity contribution in [1.29, 1.82) is 0 Å². The zero-order valence-corrected chi connectivity index (χ0v) is 7.07. The molecule has 72 valence electrons. The SMILES string of the molecule is N[C@@H](CCF)c1cc(O)cc(O)c1. The van der Waals surface area contributed by atoms with E-state index in [1.165, 1.54) is 18.2 Å². The minimum absolute atomic E-state index is 0.0655. The van der Waals surface area contributed by atoms with Gasteiger partial charge in [-0.2, -0.15) is 0 Å². The molecule has 0 heterocycles. The molecule has 0 aliphatic heterocycles. The first kappa shape index (κ1) is 9.80. The Labute approximate surface area is 75.6 Å². The molecule has 0 aliphatic carbocycles. The van der Waals surface area contributed by atoms with Crippen LogP contribution in [0.1, 0.15) is 18.0 Å². The van der Waals surface area contributed by atoms with E-state index in [4.69, 9.17) is 15.9 Å². The third-order valence-corrected chi connectivity index (χ3v) is 1.77. The quantitative estimate of drug-likeness (QED) is 0.667. The summed E-state index contributed by atoms with van der Waals surface area (Å²) in [7, 11) is 0. The van der Waals surface area contributed by atoms with E-state index in [0.717, 1.165) is 0 Å². The number of phenolic OH excluding ortho intramolecular Hbond substituents is 2. The number of hydrogen-bond donors (Lipinski definition) is 3. The number of rotatable bonds is 3. The minimum Gasteiger partial charge on any atom is -0.508 e. The highest BCUT2D eigenvalue weighted by molar-refractivity contribution is 5.37. The lowest BCUT2D eigenvalue weighted by Crippen LogP contribution is -2.10. The van der Waals surface area contributed by atoms with E-state index in [9.17, 15) is 4.39 Å². The van der Waals surface area contributed by atoms with Crippen LogP contribution in [0, 0.1) is 0 Å². The van der Waals surface area contributed by atoms with Gasteiger partial charge in [0.25, 0.3) is 0 Å². The molecule has 0 aliphatic rings. The number of aromatic hydroxyl groups is 2. The molecule has 0 bridgehead atoms. The van der Waals surface area contributed by atoms with Crippen LogP contribution >= 0.6 is 0 Å². The molecular weight excluding hydrogens is 173 g/mol. The monoisotopic (exact) mass is 185 g/mol. The van der Waals surface area contributed by atoms with Gasteiger partial charge in [-0.15, -0.1) is 0 Å². The molecule has 4 N–H and O–H groups in total. The highest BCUT2D eigenvalue weighted by atomic mass is 19.1. The molecule has 0 radical (unpaired) electrons. The maximum absolute atomic E-state index is 11.9. The van der Waals surface area contributed by atoms with E-state index in [1.54, 1.807) is 0 Å². The summed E-state index contributed by atoms with van der Waals surface area (Å²) < 4.78 is 11.9. The molecule has 0 saturated carbocycles. The molecule has 0 aromatic heterocycles. The molecule has 1 rings (SSSR count). The summed E-state index contributed by atoms with van der Waals surface area (Å²) in [6, 6.07) is 3.55. The molecule has 3 nitrogen and oxygen atoms in total. The second-order valence-corrected chi connectivity index (χ2v) is 2.87. The van der Waals surface area contributed by atoms with Crippen LogP contribution in [-0.4, -0.2) is 16.9 Å². The lowest BCUT2D eigenvalue weighted by molar-refractivity contribution is 0.431. The van der Waals surface area contributed by atoms with Crippen LogP contribution in [-0.2, 0) is 0 Å². The first-order chi connectivity index (χ1) is 6.13. The van der Waals surface area contributed by atoms with Crippen molar-refractivity contribution >= 4 is 0 Å². The molecular formula is C9H12FNO2. The van der Waals surface area contributed by atoms with Crippen LogP contribution in [0.4, 0.5) is 4.39 Å². The summed E-state index contributed by atoms with van der Waals surface area (Å²) in [6.07, 6.45) is 0.183. The van der Waals surface area contributed by atoms with Gasteiger partial charge in [0.2, 0.25) is 0 Å². The van der Waals surface area contributed by atoms with E-state index in [2.05, 4.69) is 0 Å². The molecule has 0 amide bonds. The van der Waals surface area contributed by atoms with Gasteiger partial charge in [0.15, 0.2) is 0 Å². The number of alkyl halides is 1. The van der Waals surface area contributed by atoms with Gasteiger partial charge in [0.1, 0.15) is 11.5 Å². The maximum Gasteiger partial charge on any atom is 0.119 e. The summed E-state index contributed by atoms with van der Waals surface area (Å²) in [6.45, 7) is -0.516. The Bertz CT molecular complexity index is 271. The number of nitrogens with two attached hydrogens (primary N) is 1. The molecule has 0 unspecified atom stereocenters. The normalized spacial score (nSPS) is 12.8. The van der Waals surface area contributed by atoms with Crippen LogP contribution in [0.15, 0.2) is 18.2 Å². The highest BCUT2D eigenvalue weighted by Gasteiger charge is 2.07. The summed E-state index contributed by atoms with van der Waals surface area (Å²) in [5.41, 5.74) is 6.12. The minimum atomic E-state index is -0.516. The highest BCUT2D eigenvalue weighted by Crippen LogP contribution is 2.25. The van der Waals surface area contributed by atoms with Crippen LogP contribution in [0.25, 0.3) is 0 Å². The van der Waals surface area contributed by atoms with E-state index in [0.29, 0.717) is 5.56 Å². The van der Waals surface area contributed by atoms with E-state index < -0.39 is 12.7 Å². The zero-order valence-electron chi connectivity index (χ0n) is 7.07. The molecule has 0 saturated heterocycles. The lowest BCUT2D eigenvalue weighted by atomic mass is 10.0. The molecule has 0 spiro atoms. The predicted molar refractivity (Wildman–Crippen MR) is 47.3 cm³/mol. The van der Waals surface area contributed by atoms with Crippen molar-refractivity contribution in [1.82, 2.24) is 0 Å². The van der Waals surface area contributed by atoms with Gasteiger partial charge in [-0.1, -0.05) is 0 Å². The molecule has 1 aromatic rings. The number of hydrogen-bond acceptors (Lipinski definition) is 3. The molecule has 1 aromatic carbocycles. The van der Waals surface area contributed by atoms with Gasteiger partial charge < -0.3 is 15.9 Å². The Balaban J connectivity index is 2.87. The zero-order chi connectivity index (χ0) is 9.84. The summed E-state index contributed by atoms with van der Waals surface area (Å²) in [5, 5.41) is 18.2. The fraction of sp³-hybridized carbons (Fsp3) is 0.333. The van der Waals surface area contributed by atoms with Crippen LogP contribution in [0.2, 0.25) is 0 Å². The molecule has 4 heteroatoms. The Morgan fingerprint density at radius 1 is 1.23 bits per heavy atom. The van der Waals surface area contributed by atoms with E-state index >= 15 is 0 Å². The van der Waals surface area contributed by atoms with Gasteiger partial charge >= 0.3 is 0 Å². The number of phenols is 2. The van der Waals surface area contributed by atoms with E-state index in [1.807, 2.05) is 0 Å². The standard InChI is InChI=1S/C9H12FNO2/c10-2-1-9(11)6-3-7(12)5-8(13)4-6/h3-5,9,12-13H,1-2,11H2/t9-/m0/s1. The maximum atomic E-state index is 11.9. The lowest BCUT2D eigenvalue weighted by Gasteiger charge is -2.10. The molecule has 1 atom stereocenters. The van der Waals surface area contributed by atoms with Gasteiger partial charge in [-0.25, -0.2) is 0 Å².